The van der Waals surface area contributed by atoms with Crippen molar-refractivity contribution in [2.45, 2.75) is 94.7 Å². The predicted octanol–water partition coefficient (Wildman–Crippen LogP) is 2.32. The van der Waals surface area contributed by atoms with Crippen LogP contribution < -0.4 is 10.6 Å². The minimum atomic E-state index is -0.628. The van der Waals surface area contributed by atoms with Crippen molar-refractivity contribution in [1.82, 2.24) is 15.5 Å². The highest BCUT2D eigenvalue weighted by molar-refractivity contribution is 8.02. The predicted molar refractivity (Wildman–Crippen MR) is 127 cm³/mol. The van der Waals surface area contributed by atoms with E-state index < -0.39 is 28.7 Å². The van der Waals surface area contributed by atoms with E-state index >= 15 is 0 Å². The second-order valence-electron chi connectivity index (χ2n) is 10.1. The van der Waals surface area contributed by atoms with Gasteiger partial charge in [0.1, 0.15) is 6.04 Å². The lowest BCUT2D eigenvalue weighted by Crippen LogP contribution is -2.56. The van der Waals surface area contributed by atoms with Crippen LogP contribution in [0.4, 0.5) is 0 Å². The quantitative estimate of drug-likeness (QED) is 0.383. The maximum atomic E-state index is 13.9. The topological polar surface area (TPSA) is 98.7 Å². The Morgan fingerprint density at radius 1 is 1.16 bits per heavy atom. The van der Waals surface area contributed by atoms with Crippen LogP contribution >= 0.6 is 11.8 Å². The van der Waals surface area contributed by atoms with Crippen LogP contribution in [0.25, 0.3) is 0 Å². The van der Waals surface area contributed by atoms with E-state index in [2.05, 4.69) is 31.4 Å². The van der Waals surface area contributed by atoms with Gasteiger partial charge in [0.25, 0.3) is 0 Å². The monoisotopic (exact) mass is 467 g/mol. The fourth-order valence-electron chi connectivity index (χ4n) is 5.95. The average molecular weight is 468 g/mol. The number of fused-ring (bicyclic) bond motifs is 1. The van der Waals surface area contributed by atoms with Crippen molar-refractivity contribution in [3.05, 3.63) is 0 Å². The Labute approximate surface area is 196 Å². The van der Waals surface area contributed by atoms with Gasteiger partial charge in [0, 0.05) is 18.3 Å². The molecule has 0 aromatic carbocycles. The number of aliphatic hydroxyl groups is 1. The van der Waals surface area contributed by atoms with Crippen molar-refractivity contribution in [2.75, 3.05) is 19.7 Å². The SMILES string of the molecule is CCCCCNC(=O)C1N([C@@H](CO)CC(C)C)C(=O)[C@@H]2[C@@H](C(=O)NCCC)[C@H]3CCC12S3. The van der Waals surface area contributed by atoms with E-state index in [9.17, 15) is 19.5 Å². The minimum Gasteiger partial charge on any atom is -0.394 e. The second-order valence-corrected chi connectivity index (χ2v) is 11.7. The molecule has 2 unspecified atom stereocenters. The number of thioether (sulfide) groups is 1. The molecule has 6 atom stereocenters. The van der Waals surface area contributed by atoms with Crippen molar-refractivity contribution in [1.29, 1.82) is 0 Å². The number of carbonyl (C=O) groups is 3. The van der Waals surface area contributed by atoms with Crippen molar-refractivity contribution in [3.63, 3.8) is 0 Å². The van der Waals surface area contributed by atoms with Gasteiger partial charge < -0.3 is 20.6 Å². The summed E-state index contributed by atoms with van der Waals surface area (Å²) in [5, 5.41) is 16.4. The molecular weight excluding hydrogens is 426 g/mol. The van der Waals surface area contributed by atoms with E-state index in [0.29, 0.717) is 19.5 Å². The molecule has 8 heteroatoms. The summed E-state index contributed by atoms with van der Waals surface area (Å²) in [5.41, 5.74) is 0. The zero-order chi connectivity index (χ0) is 23.5. The lowest BCUT2D eigenvalue weighted by atomic mass is 9.70. The second kappa shape index (κ2) is 10.8. The van der Waals surface area contributed by atoms with Crippen LogP contribution in [0, 0.1) is 17.8 Å². The third-order valence-corrected chi connectivity index (χ3v) is 9.22. The molecule has 3 heterocycles. The zero-order valence-corrected chi connectivity index (χ0v) is 20.9. The number of likely N-dealkylation sites (tertiary alicyclic amines) is 1. The molecule has 32 heavy (non-hydrogen) atoms. The smallest absolute Gasteiger partial charge is 0.244 e. The molecule has 0 aromatic rings. The summed E-state index contributed by atoms with van der Waals surface area (Å²) in [7, 11) is 0. The van der Waals surface area contributed by atoms with Crippen LogP contribution in [-0.4, -0.2) is 69.5 Å². The first kappa shape index (κ1) is 25.3. The molecular formula is C24H41N3O4S. The van der Waals surface area contributed by atoms with E-state index in [4.69, 9.17) is 0 Å². The molecule has 0 aliphatic carbocycles. The van der Waals surface area contributed by atoms with Crippen molar-refractivity contribution in [3.8, 4) is 0 Å². The van der Waals surface area contributed by atoms with Gasteiger partial charge in [-0.25, -0.2) is 0 Å². The summed E-state index contributed by atoms with van der Waals surface area (Å²) >= 11 is 1.69. The first-order valence-electron chi connectivity index (χ1n) is 12.5. The van der Waals surface area contributed by atoms with Crippen LogP contribution in [0.2, 0.25) is 0 Å². The lowest BCUT2D eigenvalue weighted by Gasteiger charge is -2.37. The molecule has 3 saturated heterocycles. The third kappa shape index (κ3) is 4.54. The normalized spacial score (nSPS) is 31.8. The molecule has 7 nitrogen and oxygen atoms in total. The van der Waals surface area contributed by atoms with Crippen molar-refractivity contribution < 1.29 is 19.5 Å². The van der Waals surface area contributed by atoms with E-state index in [1.54, 1.807) is 16.7 Å². The highest BCUT2D eigenvalue weighted by Gasteiger charge is 2.74. The van der Waals surface area contributed by atoms with Crippen molar-refractivity contribution >= 4 is 29.5 Å². The molecule has 182 valence electrons. The number of nitrogens with zero attached hydrogens (tertiary/aromatic N) is 1. The lowest BCUT2D eigenvalue weighted by molar-refractivity contribution is -0.143. The highest BCUT2D eigenvalue weighted by Crippen LogP contribution is 2.66. The number of hydrogen-bond acceptors (Lipinski definition) is 5. The average Bonchev–Trinajstić information content (AvgIpc) is 3.40. The van der Waals surface area contributed by atoms with Crippen molar-refractivity contribution in [2.24, 2.45) is 17.8 Å². The summed E-state index contributed by atoms with van der Waals surface area (Å²) in [6, 6.07) is -1.04. The number of unbranched alkanes of at least 4 members (excludes halogenated alkanes) is 2. The number of amides is 3. The van der Waals surface area contributed by atoms with Crippen LogP contribution in [0.5, 0.6) is 0 Å². The molecule has 0 aromatic heterocycles. The molecule has 1 spiro atoms. The van der Waals surface area contributed by atoms with E-state index in [0.717, 1.165) is 38.5 Å². The Morgan fingerprint density at radius 2 is 1.88 bits per heavy atom. The van der Waals surface area contributed by atoms with Gasteiger partial charge in [-0.15, -0.1) is 11.8 Å². The van der Waals surface area contributed by atoms with Gasteiger partial charge in [0.05, 0.1) is 29.2 Å². The Hall–Kier alpha value is -1.28. The maximum Gasteiger partial charge on any atom is 0.244 e. The fraction of sp³-hybridized carbons (Fsp3) is 0.875. The summed E-state index contributed by atoms with van der Waals surface area (Å²) in [6.45, 7) is 9.27. The first-order chi connectivity index (χ1) is 15.3. The molecule has 3 N–H and O–H groups in total. The molecule has 0 radical (unpaired) electrons. The van der Waals surface area contributed by atoms with Gasteiger partial charge in [-0.1, -0.05) is 40.5 Å². The Morgan fingerprint density at radius 3 is 2.50 bits per heavy atom. The molecule has 3 rings (SSSR count). The van der Waals surface area contributed by atoms with Gasteiger partial charge >= 0.3 is 0 Å². The molecule has 3 aliphatic rings. The molecule has 0 saturated carbocycles. The summed E-state index contributed by atoms with van der Waals surface area (Å²) in [5.74, 6) is -0.912. The third-order valence-electron chi connectivity index (χ3n) is 7.27. The molecule has 3 fully saturated rings. The van der Waals surface area contributed by atoms with Gasteiger partial charge in [-0.05, 0) is 38.0 Å². The summed E-state index contributed by atoms with van der Waals surface area (Å²) in [6.07, 6.45) is 6.11. The summed E-state index contributed by atoms with van der Waals surface area (Å²) in [4.78, 5) is 42.2. The van der Waals surface area contributed by atoms with Gasteiger partial charge in [-0.3, -0.25) is 14.4 Å². The standard InChI is InChI=1S/C24H41N3O4S/c1-5-7-8-12-26-22(30)20-24-10-9-17(32-24)18(21(29)25-11-6-2)19(24)23(31)27(20)16(14-28)13-15(3)4/h15-20,28H,5-14H2,1-4H3,(H,25,29)(H,26,30)/t16-,17-,18+,19+,20?,24?/m1/s1. The van der Waals surface area contributed by atoms with Gasteiger partial charge in [-0.2, -0.15) is 0 Å². The van der Waals surface area contributed by atoms with Crippen LogP contribution in [-0.2, 0) is 14.4 Å². The Kier molecular flexibility index (Phi) is 8.53. The Bertz CT molecular complexity index is 703. The van der Waals surface area contributed by atoms with Crippen LogP contribution in [0.3, 0.4) is 0 Å². The number of carbonyl (C=O) groups excluding carboxylic acids is 3. The Balaban J connectivity index is 1.93. The minimum absolute atomic E-state index is 0.0577. The number of hydrogen-bond donors (Lipinski definition) is 3. The molecule has 2 bridgehead atoms. The number of rotatable bonds is 12. The number of nitrogens with one attached hydrogen (secondary N) is 2. The van der Waals surface area contributed by atoms with E-state index in [1.165, 1.54) is 0 Å². The number of aliphatic hydroxyl groups excluding tert-OH is 1. The maximum absolute atomic E-state index is 13.9. The van der Waals surface area contributed by atoms with Crippen LogP contribution in [0.1, 0.15) is 72.6 Å². The van der Waals surface area contributed by atoms with Gasteiger partial charge in [0.2, 0.25) is 17.7 Å². The molecule has 3 aliphatic heterocycles. The highest BCUT2D eigenvalue weighted by atomic mass is 32.2. The van der Waals surface area contributed by atoms with E-state index in [1.807, 2.05) is 6.92 Å². The van der Waals surface area contributed by atoms with Crippen LogP contribution in [0.15, 0.2) is 0 Å². The van der Waals surface area contributed by atoms with Gasteiger partial charge in [0.15, 0.2) is 0 Å². The summed E-state index contributed by atoms with van der Waals surface area (Å²) < 4.78 is -0.574. The van der Waals surface area contributed by atoms with E-state index in [-0.39, 0.29) is 35.5 Å². The molecule has 3 amide bonds. The first-order valence-corrected chi connectivity index (χ1v) is 13.4. The fourth-order valence-corrected chi connectivity index (χ4v) is 8.16. The largest absolute Gasteiger partial charge is 0.394 e. The zero-order valence-electron chi connectivity index (χ0n) is 20.1.